The topological polar surface area (TPSA) is 119 Å². The summed E-state index contributed by atoms with van der Waals surface area (Å²) < 4.78 is 32.8. The summed E-state index contributed by atoms with van der Waals surface area (Å²) in [5, 5.41) is 10.9. The van der Waals surface area contributed by atoms with Crippen molar-refractivity contribution in [1.82, 2.24) is 9.37 Å². The van der Waals surface area contributed by atoms with Crippen LogP contribution in [0.5, 0.6) is 0 Å². The predicted octanol–water partition coefficient (Wildman–Crippen LogP) is 3.27. The van der Waals surface area contributed by atoms with Crippen LogP contribution in [-0.2, 0) is 19.6 Å². The van der Waals surface area contributed by atoms with Gasteiger partial charge in [-0.15, -0.1) is 6.58 Å². The lowest BCUT2D eigenvalue weighted by Gasteiger charge is -2.37. The second-order valence-corrected chi connectivity index (χ2v) is 9.73. The van der Waals surface area contributed by atoms with Crippen molar-refractivity contribution in [3.63, 3.8) is 0 Å². The molecule has 2 rings (SSSR count). The van der Waals surface area contributed by atoms with Gasteiger partial charge in [0.1, 0.15) is 5.60 Å². The second kappa shape index (κ2) is 9.58. The molecule has 1 aliphatic rings. The molecule has 0 aromatic heterocycles. The van der Waals surface area contributed by atoms with E-state index in [0.717, 1.165) is 28.7 Å². The molecular formula is C20H27N3O7S. The molecule has 1 atom stereocenters. The second-order valence-electron chi connectivity index (χ2n) is 7.95. The van der Waals surface area contributed by atoms with Crippen LogP contribution >= 0.6 is 0 Å². The highest BCUT2D eigenvalue weighted by Gasteiger charge is 2.38. The highest BCUT2D eigenvalue weighted by atomic mass is 32.2. The summed E-state index contributed by atoms with van der Waals surface area (Å²) in [4.78, 5) is 29.5. The van der Waals surface area contributed by atoms with Crippen molar-refractivity contribution in [3.05, 3.63) is 58.7 Å². The van der Waals surface area contributed by atoms with Crippen molar-refractivity contribution in [1.29, 1.82) is 0 Å². The van der Waals surface area contributed by atoms with Crippen molar-refractivity contribution in [2.45, 2.75) is 44.2 Å². The molecule has 1 aromatic carbocycles. The Morgan fingerprint density at radius 1 is 1.35 bits per heavy atom. The molecule has 1 unspecified atom stereocenters. The first-order valence-electron chi connectivity index (χ1n) is 9.54. The van der Waals surface area contributed by atoms with Gasteiger partial charge < -0.3 is 9.64 Å². The minimum atomic E-state index is -4.21. The number of benzene rings is 1. The van der Waals surface area contributed by atoms with Gasteiger partial charge in [0.05, 0.1) is 22.5 Å². The fraction of sp³-hybridized carbons (Fsp3) is 0.450. The Bertz CT molecular complexity index is 965. The molecule has 0 saturated heterocycles. The Balaban J connectivity index is 2.38. The van der Waals surface area contributed by atoms with Crippen LogP contribution in [0.25, 0.3) is 0 Å². The molecule has 0 aliphatic carbocycles. The lowest BCUT2D eigenvalue weighted by molar-refractivity contribution is -0.384. The van der Waals surface area contributed by atoms with E-state index >= 15 is 0 Å². The molecule has 0 bridgehead atoms. The molecule has 31 heavy (non-hydrogen) atoms. The fourth-order valence-electron chi connectivity index (χ4n) is 2.82. The first-order chi connectivity index (χ1) is 14.4. The number of nitro groups is 1. The van der Waals surface area contributed by atoms with E-state index in [1.54, 1.807) is 33.8 Å². The summed E-state index contributed by atoms with van der Waals surface area (Å²) in [6.45, 7) is 10.7. The monoisotopic (exact) mass is 453 g/mol. The summed E-state index contributed by atoms with van der Waals surface area (Å²) in [6, 6.07) is 3.68. The van der Waals surface area contributed by atoms with Gasteiger partial charge in [-0.2, -0.15) is 0 Å². The lowest BCUT2D eigenvalue weighted by atomic mass is 10.1. The van der Waals surface area contributed by atoms with Gasteiger partial charge in [0.25, 0.3) is 15.7 Å². The van der Waals surface area contributed by atoms with Crippen LogP contribution in [0.1, 0.15) is 27.7 Å². The maximum atomic E-state index is 13.3. The third-order valence-electron chi connectivity index (χ3n) is 4.36. The van der Waals surface area contributed by atoms with Crippen molar-refractivity contribution in [2.75, 3.05) is 19.7 Å². The number of sulfonamides is 1. The summed E-state index contributed by atoms with van der Waals surface area (Å²) in [7, 11) is -4.21. The van der Waals surface area contributed by atoms with Crippen molar-refractivity contribution < 1.29 is 27.7 Å². The highest BCUT2D eigenvalue weighted by molar-refractivity contribution is 7.89. The van der Waals surface area contributed by atoms with Gasteiger partial charge in [-0.25, -0.2) is 13.2 Å². The zero-order valence-electron chi connectivity index (χ0n) is 18.0. The molecule has 1 aliphatic heterocycles. The van der Waals surface area contributed by atoms with E-state index in [1.165, 1.54) is 11.0 Å². The molecule has 1 amide bonds. The standard InChI is InChI=1S/C20H27N3O7S/c1-6-13-29-23(31(27,28)17-9-7-16(8-10-17)22(25)26)18-14-21(12-11-15(18)2)19(24)30-20(3,4)5/h6-11,18H,1,12-14H2,2-5H3. The minimum Gasteiger partial charge on any atom is -0.444 e. The third-order valence-corrected chi connectivity index (χ3v) is 6.06. The van der Waals surface area contributed by atoms with E-state index in [-0.39, 0.29) is 30.3 Å². The summed E-state index contributed by atoms with van der Waals surface area (Å²) in [6.07, 6.45) is 2.55. The van der Waals surface area contributed by atoms with Crippen molar-refractivity contribution in [3.8, 4) is 0 Å². The molecule has 10 nitrogen and oxygen atoms in total. The fourth-order valence-corrected chi connectivity index (χ4v) is 4.28. The Labute approximate surface area is 181 Å². The molecule has 1 aromatic rings. The molecular weight excluding hydrogens is 426 g/mol. The van der Waals surface area contributed by atoms with Crippen LogP contribution in [0.4, 0.5) is 10.5 Å². The SMILES string of the molecule is C=CCON(C1CN(C(=O)OC(C)(C)C)CC=C1C)S(=O)(=O)c1ccc([N+](=O)[O-])cc1. The van der Waals surface area contributed by atoms with Crippen LogP contribution in [0.3, 0.4) is 0 Å². The number of nitro benzene ring substituents is 1. The van der Waals surface area contributed by atoms with E-state index in [1.807, 2.05) is 0 Å². The molecule has 0 fully saturated rings. The van der Waals surface area contributed by atoms with Crippen LogP contribution in [0, 0.1) is 10.1 Å². The average molecular weight is 454 g/mol. The molecule has 0 spiro atoms. The summed E-state index contributed by atoms with van der Waals surface area (Å²) >= 11 is 0. The van der Waals surface area contributed by atoms with Crippen molar-refractivity contribution in [2.24, 2.45) is 0 Å². The van der Waals surface area contributed by atoms with Crippen LogP contribution in [0.15, 0.2) is 53.5 Å². The zero-order valence-corrected chi connectivity index (χ0v) is 18.8. The number of amides is 1. The van der Waals surface area contributed by atoms with Gasteiger partial charge in [-0.05, 0) is 39.8 Å². The quantitative estimate of drug-likeness (QED) is 0.353. The summed E-state index contributed by atoms with van der Waals surface area (Å²) in [5.41, 5.74) is -0.246. The summed E-state index contributed by atoms with van der Waals surface area (Å²) in [5.74, 6) is 0. The van der Waals surface area contributed by atoms with Gasteiger partial charge in [0, 0.05) is 25.2 Å². The van der Waals surface area contributed by atoms with Crippen LogP contribution < -0.4 is 0 Å². The van der Waals surface area contributed by atoms with Gasteiger partial charge in [-0.3, -0.25) is 15.0 Å². The largest absolute Gasteiger partial charge is 0.444 e. The first kappa shape index (κ1) is 24.5. The van der Waals surface area contributed by atoms with Gasteiger partial charge >= 0.3 is 6.09 Å². The van der Waals surface area contributed by atoms with E-state index in [9.17, 15) is 23.3 Å². The molecule has 0 N–H and O–H groups in total. The Kier molecular flexibility index (Phi) is 7.58. The Morgan fingerprint density at radius 2 is 1.97 bits per heavy atom. The Morgan fingerprint density at radius 3 is 2.48 bits per heavy atom. The first-order valence-corrected chi connectivity index (χ1v) is 11.0. The molecule has 1 heterocycles. The number of ether oxygens (including phenoxy) is 1. The third kappa shape index (κ3) is 6.12. The number of nitrogens with zero attached hydrogens (tertiary/aromatic N) is 3. The number of rotatable bonds is 7. The molecule has 11 heteroatoms. The van der Waals surface area contributed by atoms with Crippen molar-refractivity contribution >= 4 is 21.8 Å². The normalized spacial score (nSPS) is 17.3. The van der Waals surface area contributed by atoms with E-state index < -0.39 is 32.7 Å². The number of non-ortho nitro benzene ring substituents is 1. The maximum absolute atomic E-state index is 13.3. The maximum Gasteiger partial charge on any atom is 0.410 e. The number of hydrogen-bond acceptors (Lipinski definition) is 7. The number of hydrogen-bond donors (Lipinski definition) is 0. The number of hydroxylamine groups is 1. The van der Waals surface area contributed by atoms with Gasteiger partial charge in [-0.1, -0.05) is 22.2 Å². The van der Waals surface area contributed by atoms with E-state index in [0.29, 0.717) is 5.57 Å². The molecule has 170 valence electrons. The van der Waals surface area contributed by atoms with Crippen LogP contribution in [-0.4, -0.2) is 60.1 Å². The zero-order chi connectivity index (χ0) is 23.4. The van der Waals surface area contributed by atoms with E-state index in [2.05, 4.69) is 6.58 Å². The van der Waals surface area contributed by atoms with Gasteiger partial charge in [0.15, 0.2) is 0 Å². The number of carbonyl (C=O) groups excluding carboxylic acids is 1. The van der Waals surface area contributed by atoms with E-state index in [4.69, 9.17) is 9.57 Å². The molecule has 0 saturated carbocycles. The highest BCUT2D eigenvalue weighted by Crippen LogP contribution is 2.27. The smallest absolute Gasteiger partial charge is 0.410 e. The van der Waals surface area contributed by atoms with Gasteiger partial charge in [0.2, 0.25) is 0 Å². The van der Waals surface area contributed by atoms with Crippen LogP contribution in [0.2, 0.25) is 0 Å². The predicted molar refractivity (Wildman–Crippen MR) is 114 cm³/mol. The Hall–Kier alpha value is -2.76. The molecule has 0 radical (unpaired) electrons. The minimum absolute atomic E-state index is 0.0145. The number of carbonyl (C=O) groups is 1. The average Bonchev–Trinajstić information content (AvgIpc) is 2.68. The lowest BCUT2D eigenvalue weighted by Crippen LogP contribution is -2.52.